The molecule has 3 aromatic rings. The molecule has 1 heterocycles. The minimum Gasteiger partial charge on any atom is -0.457 e. The van der Waals surface area contributed by atoms with Crippen molar-refractivity contribution in [2.24, 2.45) is 0 Å². The van der Waals surface area contributed by atoms with Crippen LogP contribution in [0.3, 0.4) is 0 Å². The van der Waals surface area contributed by atoms with Gasteiger partial charge in [0.15, 0.2) is 0 Å². The molecule has 4 rings (SSSR count). The second-order valence-corrected chi connectivity index (χ2v) is 10.7. The molecule has 0 amide bonds. The predicted molar refractivity (Wildman–Crippen MR) is 161 cm³/mol. The summed E-state index contributed by atoms with van der Waals surface area (Å²) in [5.41, 5.74) is 1.39. The Morgan fingerprint density at radius 2 is 1.70 bits per heavy atom. The Morgan fingerprint density at radius 3 is 2.27 bits per heavy atom. The molecule has 0 bridgehead atoms. The highest BCUT2D eigenvalue weighted by Gasteiger charge is 2.32. The van der Waals surface area contributed by atoms with Crippen LogP contribution in [0.15, 0.2) is 71.5 Å². The predicted octanol–water partition coefficient (Wildman–Crippen LogP) is 4.71. The van der Waals surface area contributed by atoms with Crippen molar-refractivity contribution in [3.05, 3.63) is 82.9 Å². The summed E-state index contributed by atoms with van der Waals surface area (Å²) in [5.74, 6) is 2.07. The van der Waals surface area contributed by atoms with E-state index in [-0.39, 0.29) is 17.8 Å². The van der Waals surface area contributed by atoms with Gasteiger partial charge in [0.25, 0.3) is 0 Å². The number of benzene rings is 2. The van der Waals surface area contributed by atoms with Crippen LogP contribution in [0.2, 0.25) is 0 Å². The van der Waals surface area contributed by atoms with Gasteiger partial charge in [0, 0.05) is 25.7 Å². The Balaban J connectivity index is 1.55. The number of anilines is 1. The maximum Gasteiger partial charge on any atom is 0.335 e. The first-order valence-electron chi connectivity index (χ1n) is 13.9. The van der Waals surface area contributed by atoms with E-state index in [1.807, 2.05) is 97.4 Å². The third kappa shape index (κ3) is 6.55. The lowest BCUT2D eigenvalue weighted by Gasteiger charge is -2.36. The van der Waals surface area contributed by atoms with E-state index >= 15 is 0 Å². The highest BCUT2D eigenvalue weighted by molar-refractivity contribution is 5.99. The molecule has 9 heteroatoms. The third-order valence-corrected chi connectivity index (χ3v) is 7.56. The van der Waals surface area contributed by atoms with Crippen LogP contribution in [-0.2, 0) is 0 Å². The molecule has 0 spiro atoms. The van der Waals surface area contributed by atoms with Gasteiger partial charge < -0.3 is 25.5 Å². The van der Waals surface area contributed by atoms with Crippen LogP contribution in [-0.4, -0.2) is 76.8 Å². The van der Waals surface area contributed by atoms with Crippen LogP contribution in [0, 0.1) is 5.41 Å². The van der Waals surface area contributed by atoms with Gasteiger partial charge in [-0.3, -0.25) is 14.0 Å². The summed E-state index contributed by atoms with van der Waals surface area (Å²) in [6.45, 7) is 2.49. The van der Waals surface area contributed by atoms with Crippen LogP contribution in [0.25, 0.3) is 5.69 Å². The molecule has 9 nitrogen and oxygen atoms in total. The third-order valence-electron chi connectivity index (χ3n) is 7.56. The molecule has 1 unspecified atom stereocenters. The van der Waals surface area contributed by atoms with E-state index in [0.717, 1.165) is 38.0 Å². The summed E-state index contributed by atoms with van der Waals surface area (Å²) in [5, 5.41) is 22.4. The maximum atomic E-state index is 13.9. The first-order valence-corrected chi connectivity index (χ1v) is 13.9. The number of rotatable bonds is 11. The molecule has 1 atom stereocenters. The van der Waals surface area contributed by atoms with Crippen molar-refractivity contribution in [2.75, 3.05) is 40.1 Å². The number of para-hydroxylation sites is 1. The van der Waals surface area contributed by atoms with Crippen LogP contribution in [0.5, 0.6) is 11.5 Å². The number of aromatic nitrogens is 2. The van der Waals surface area contributed by atoms with Gasteiger partial charge in [-0.15, -0.1) is 0 Å². The van der Waals surface area contributed by atoms with Crippen LogP contribution in [0.1, 0.15) is 44.3 Å². The normalized spacial score (nSPS) is 18.4. The van der Waals surface area contributed by atoms with Gasteiger partial charge in [-0.25, -0.2) is 4.79 Å². The van der Waals surface area contributed by atoms with Gasteiger partial charge in [-0.2, -0.15) is 0 Å². The molecule has 1 fully saturated rings. The Morgan fingerprint density at radius 1 is 1.07 bits per heavy atom. The fourth-order valence-corrected chi connectivity index (χ4v) is 5.44. The number of aliphatic hydroxyl groups excluding tert-OH is 1. The summed E-state index contributed by atoms with van der Waals surface area (Å²) in [7, 11) is 7.75. The monoisotopic (exact) mass is 546 g/mol. The van der Waals surface area contributed by atoms with Crippen LogP contribution < -0.4 is 15.7 Å². The number of hydrogen-bond acceptors (Lipinski definition) is 7. The Hall–Kier alpha value is -3.66. The van der Waals surface area contributed by atoms with Crippen molar-refractivity contribution >= 4 is 11.5 Å². The van der Waals surface area contributed by atoms with Crippen molar-refractivity contribution in [3.63, 3.8) is 0 Å². The summed E-state index contributed by atoms with van der Waals surface area (Å²) < 4.78 is 9.37. The molecule has 1 aromatic heterocycles. The zero-order valence-electron chi connectivity index (χ0n) is 24.2. The van der Waals surface area contributed by atoms with Gasteiger partial charge >= 0.3 is 5.69 Å². The van der Waals surface area contributed by atoms with E-state index in [1.165, 1.54) is 0 Å². The SMILES string of the molecule is CNc1c(C(C)=N)n(-c2ccc(Oc3ccccc3)cc2)c(=O)n1C1CCC(N(C)C(O)/C=C/CN(C)C)CC1. The summed E-state index contributed by atoms with van der Waals surface area (Å²) in [6.07, 6.45) is 6.53. The quantitative estimate of drug-likeness (QED) is 0.183. The Kier molecular flexibility index (Phi) is 9.63. The average molecular weight is 547 g/mol. The molecule has 1 saturated carbocycles. The summed E-state index contributed by atoms with van der Waals surface area (Å²) in [6, 6.07) is 17.2. The lowest BCUT2D eigenvalue weighted by molar-refractivity contribution is 0.0138. The smallest absolute Gasteiger partial charge is 0.335 e. The molecule has 214 valence electrons. The number of aliphatic hydroxyl groups is 1. The molecule has 1 aliphatic rings. The zero-order valence-corrected chi connectivity index (χ0v) is 24.2. The number of ether oxygens (including phenoxy) is 1. The molecule has 0 radical (unpaired) electrons. The number of hydrogen-bond donors (Lipinski definition) is 3. The van der Waals surface area contributed by atoms with Gasteiger partial charge in [0.05, 0.1) is 11.4 Å². The van der Waals surface area contributed by atoms with Crippen molar-refractivity contribution < 1.29 is 9.84 Å². The van der Waals surface area contributed by atoms with Gasteiger partial charge in [-0.05, 0) is 96.2 Å². The topological polar surface area (TPSA) is 98.8 Å². The Labute approximate surface area is 236 Å². The van der Waals surface area contributed by atoms with E-state index in [4.69, 9.17) is 10.1 Å². The number of imidazole rings is 1. The first kappa shape index (κ1) is 29.3. The van der Waals surface area contributed by atoms with Crippen molar-refractivity contribution in [3.8, 4) is 17.2 Å². The van der Waals surface area contributed by atoms with Crippen molar-refractivity contribution in [1.82, 2.24) is 18.9 Å². The average Bonchev–Trinajstić information content (AvgIpc) is 3.25. The maximum absolute atomic E-state index is 13.9. The second-order valence-electron chi connectivity index (χ2n) is 10.7. The molecule has 40 heavy (non-hydrogen) atoms. The molecule has 2 aromatic carbocycles. The van der Waals surface area contributed by atoms with Crippen molar-refractivity contribution in [2.45, 2.75) is 50.9 Å². The van der Waals surface area contributed by atoms with Crippen LogP contribution in [0.4, 0.5) is 5.82 Å². The highest BCUT2D eigenvalue weighted by Crippen LogP contribution is 2.34. The number of nitrogens with zero attached hydrogens (tertiary/aromatic N) is 4. The molecule has 0 saturated heterocycles. The fraction of sp³-hybridized carbons (Fsp3) is 0.419. The fourth-order valence-electron chi connectivity index (χ4n) is 5.44. The zero-order chi connectivity index (χ0) is 28.8. The molecule has 1 aliphatic carbocycles. The molecular formula is C31H42N6O3. The minimum absolute atomic E-state index is 0.000984. The van der Waals surface area contributed by atoms with E-state index < -0.39 is 6.23 Å². The lowest BCUT2D eigenvalue weighted by Crippen LogP contribution is -2.42. The van der Waals surface area contributed by atoms with E-state index in [9.17, 15) is 9.90 Å². The van der Waals surface area contributed by atoms with Gasteiger partial charge in [0.1, 0.15) is 29.2 Å². The summed E-state index contributed by atoms with van der Waals surface area (Å²) in [4.78, 5) is 18.0. The van der Waals surface area contributed by atoms with Crippen LogP contribution >= 0.6 is 0 Å². The second kappa shape index (κ2) is 13.1. The van der Waals surface area contributed by atoms with Crippen molar-refractivity contribution in [1.29, 1.82) is 5.41 Å². The standard InChI is InChI=1S/C31H42N6O3/c1-22(32)29-30(33-2)37(25-15-13-23(14-16-25)35(5)28(38)12-9-21-34(3)4)31(39)36(29)24-17-19-27(20-18-24)40-26-10-7-6-8-11-26/h6-12,17-20,23,25,28,32-33,38H,13-16,21H2,1-5H3/b12-9+,32-22?. The van der Waals surface area contributed by atoms with E-state index in [1.54, 1.807) is 18.5 Å². The van der Waals surface area contributed by atoms with Gasteiger partial charge in [-0.1, -0.05) is 24.3 Å². The lowest BCUT2D eigenvalue weighted by atomic mass is 9.90. The largest absolute Gasteiger partial charge is 0.457 e. The number of likely N-dealkylation sites (N-methyl/N-ethyl adjacent to an activating group) is 2. The van der Waals surface area contributed by atoms with E-state index in [0.29, 0.717) is 28.7 Å². The molecular weight excluding hydrogens is 504 g/mol. The van der Waals surface area contributed by atoms with Gasteiger partial charge in [0.2, 0.25) is 0 Å². The molecule has 3 N–H and O–H groups in total. The van der Waals surface area contributed by atoms with E-state index in [2.05, 4.69) is 10.2 Å². The number of nitrogens with one attached hydrogen (secondary N) is 2. The Bertz CT molecular complexity index is 1350. The summed E-state index contributed by atoms with van der Waals surface area (Å²) >= 11 is 0. The minimum atomic E-state index is -0.640. The molecule has 0 aliphatic heterocycles. The first-order chi connectivity index (χ1) is 19.2. The highest BCUT2D eigenvalue weighted by atomic mass is 16.5.